The third kappa shape index (κ3) is 2.72. The van der Waals surface area contributed by atoms with Crippen LogP contribution in [0.25, 0.3) is 10.8 Å². The highest BCUT2D eigenvalue weighted by molar-refractivity contribution is 5.92. The van der Waals surface area contributed by atoms with Crippen molar-refractivity contribution in [2.75, 3.05) is 12.4 Å². The van der Waals surface area contributed by atoms with Crippen LogP contribution < -0.4 is 10.1 Å². The van der Waals surface area contributed by atoms with Gasteiger partial charge in [-0.05, 0) is 55.2 Å². The van der Waals surface area contributed by atoms with Crippen molar-refractivity contribution in [3.63, 3.8) is 0 Å². The molecule has 1 aromatic carbocycles. The number of ether oxygens (including phenoxy) is 1. The predicted molar refractivity (Wildman–Crippen MR) is 83.3 cm³/mol. The third-order valence-electron chi connectivity index (χ3n) is 4.33. The fraction of sp³-hybridized carbons (Fsp3) is 0.471. The molecule has 3 nitrogen and oxygen atoms in total. The van der Waals surface area contributed by atoms with E-state index in [2.05, 4.69) is 29.4 Å². The Labute approximate surface area is 120 Å². The number of hydrogen-bond acceptors (Lipinski definition) is 3. The highest BCUT2D eigenvalue weighted by Crippen LogP contribution is 2.29. The quantitative estimate of drug-likeness (QED) is 0.906. The second-order valence-electron chi connectivity index (χ2n) is 5.85. The molecular weight excluding hydrogens is 248 g/mol. The lowest BCUT2D eigenvalue weighted by atomic mass is 9.87. The molecule has 1 aliphatic rings. The third-order valence-corrected chi connectivity index (χ3v) is 4.33. The van der Waals surface area contributed by atoms with Gasteiger partial charge in [0, 0.05) is 17.6 Å². The van der Waals surface area contributed by atoms with Gasteiger partial charge in [-0.25, -0.2) is 4.98 Å². The first kappa shape index (κ1) is 13.2. The largest absolute Gasteiger partial charge is 0.497 e. The van der Waals surface area contributed by atoms with E-state index in [1.54, 1.807) is 7.11 Å². The van der Waals surface area contributed by atoms with Crippen molar-refractivity contribution in [3.8, 4) is 5.75 Å². The lowest BCUT2D eigenvalue weighted by Gasteiger charge is -2.27. The standard InChI is InChI=1S/C17H22N2O/c1-12-3-6-14(7-4-12)19-17-16-11-15(20-2)8-5-13(16)9-10-18-17/h5,8-12,14H,3-4,6-7H2,1-2H3,(H,18,19). The molecule has 0 aliphatic heterocycles. The Morgan fingerprint density at radius 1 is 1.15 bits per heavy atom. The van der Waals surface area contributed by atoms with Crippen molar-refractivity contribution in [1.29, 1.82) is 0 Å². The maximum Gasteiger partial charge on any atom is 0.134 e. The van der Waals surface area contributed by atoms with E-state index in [1.165, 1.54) is 31.1 Å². The summed E-state index contributed by atoms with van der Waals surface area (Å²) < 4.78 is 5.33. The molecule has 2 aromatic rings. The fourth-order valence-electron chi connectivity index (χ4n) is 2.99. The lowest BCUT2D eigenvalue weighted by Crippen LogP contribution is -2.25. The topological polar surface area (TPSA) is 34.1 Å². The summed E-state index contributed by atoms with van der Waals surface area (Å²) in [5.74, 6) is 2.74. The highest BCUT2D eigenvalue weighted by Gasteiger charge is 2.18. The smallest absolute Gasteiger partial charge is 0.134 e. The summed E-state index contributed by atoms with van der Waals surface area (Å²) in [6.07, 6.45) is 6.98. The first-order valence-electron chi connectivity index (χ1n) is 7.45. The Morgan fingerprint density at radius 3 is 2.70 bits per heavy atom. The summed E-state index contributed by atoms with van der Waals surface area (Å²) in [5, 5.41) is 5.97. The second-order valence-corrected chi connectivity index (χ2v) is 5.85. The fourth-order valence-corrected chi connectivity index (χ4v) is 2.99. The van der Waals surface area contributed by atoms with Gasteiger partial charge in [0.2, 0.25) is 0 Å². The molecule has 0 saturated heterocycles. The number of nitrogens with zero attached hydrogens (tertiary/aromatic N) is 1. The number of benzene rings is 1. The average molecular weight is 270 g/mol. The number of nitrogens with one attached hydrogen (secondary N) is 1. The summed E-state index contributed by atoms with van der Waals surface area (Å²) in [5.41, 5.74) is 0. The molecule has 0 amide bonds. The SMILES string of the molecule is COc1ccc2ccnc(NC3CCC(C)CC3)c2c1. The zero-order chi connectivity index (χ0) is 13.9. The molecule has 1 saturated carbocycles. The summed E-state index contributed by atoms with van der Waals surface area (Å²) in [7, 11) is 1.70. The van der Waals surface area contributed by atoms with Crippen LogP contribution in [0.4, 0.5) is 5.82 Å². The monoisotopic (exact) mass is 270 g/mol. The van der Waals surface area contributed by atoms with Crippen LogP contribution in [0.1, 0.15) is 32.6 Å². The Morgan fingerprint density at radius 2 is 1.95 bits per heavy atom. The van der Waals surface area contributed by atoms with Crippen LogP contribution in [0, 0.1) is 5.92 Å². The van der Waals surface area contributed by atoms with Crippen molar-refractivity contribution >= 4 is 16.6 Å². The molecule has 106 valence electrons. The molecule has 1 aliphatic carbocycles. The van der Waals surface area contributed by atoms with Crippen LogP contribution >= 0.6 is 0 Å². The van der Waals surface area contributed by atoms with Gasteiger partial charge in [-0.3, -0.25) is 0 Å². The lowest BCUT2D eigenvalue weighted by molar-refractivity contribution is 0.361. The Balaban J connectivity index is 1.86. The molecule has 0 unspecified atom stereocenters. The minimum absolute atomic E-state index is 0.551. The number of fused-ring (bicyclic) bond motifs is 1. The van der Waals surface area contributed by atoms with Gasteiger partial charge in [0.05, 0.1) is 7.11 Å². The van der Waals surface area contributed by atoms with E-state index in [4.69, 9.17) is 4.74 Å². The first-order valence-corrected chi connectivity index (χ1v) is 7.45. The summed E-state index contributed by atoms with van der Waals surface area (Å²) in [4.78, 5) is 4.53. The van der Waals surface area contributed by atoms with Gasteiger partial charge in [-0.15, -0.1) is 0 Å². The van der Waals surface area contributed by atoms with Crippen molar-refractivity contribution < 1.29 is 4.74 Å². The number of aromatic nitrogens is 1. The van der Waals surface area contributed by atoms with E-state index < -0.39 is 0 Å². The Kier molecular flexibility index (Phi) is 3.77. The minimum atomic E-state index is 0.551. The molecule has 0 bridgehead atoms. The van der Waals surface area contributed by atoms with Gasteiger partial charge in [0.25, 0.3) is 0 Å². The molecule has 1 heterocycles. The van der Waals surface area contributed by atoms with E-state index in [1.807, 2.05) is 18.3 Å². The molecular formula is C17H22N2O. The predicted octanol–water partition coefficient (Wildman–Crippen LogP) is 4.23. The van der Waals surface area contributed by atoms with Gasteiger partial charge in [0.1, 0.15) is 11.6 Å². The van der Waals surface area contributed by atoms with Crippen LogP contribution in [0.15, 0.2) is 30.5 Å². The normalized spacial score (nSPS) is 22.7. The van der Waals surface area contributed by atoms with Gasteiger partial charge >= 0.3 is 0 Å². The van der Waals surface area contributed by atoms with E-state index in [-0.39, 0.29) is 0 Å². The van der Waals surface area contributed by atoms with Crippen molar-refractivity contribution in [2.45, 2.75) is 38.6 Å². The van der Waals surface area contributed by atoms with Crippen LogP contribution in [0.5, 0.6) is 5.75 Å². The van der Waals surface area contributed by atoms with Gasteiger partial charge in [-0.2, -0.15) is 0 Å². The maximum absolute atomic E-state index is 5.33. The molecule has 3 heteroatoms. The van der Waals surface area contributed by atoms with Crippen molar-refractivity contribution in [2.24, 2.45) is 5.92 Å². The Hall–Kier alpha value is -1.77. The molecule has 3 rings (SSSR count). The maximum atomic E-state index is 5.33. The molecule has 20 heavy (non-hydrogen) atoms. The highest BCUT2D eigenvalue weighted by atomic mass is 16.5. The summed E-state index contributed by atoms with van der Waals surface area (Å²) >= 11 is 0. The molecule has 0 spiro atoms. The number of hydrogen-bond donors (Lipinski definition) is 1. The van der Waals surface area contributed by atoms with Crippen LogP contribution in [-0.2, 0) is 0 Å². The molecule has 1 aromatic heterocycles. The summed E-state index contributed by atoms with van der Waals surface area (Å²) in [6, 6.07) is 8.74. The minimum Gasteiger partial charge on any atom is -0.497 e. The average Bonchev–Trinajstić information content (AvgIpc) is 2.49. The molecule has 0 atom stereocenters. The summed E-state index contributed by atoms with van der Waals surface area (Å²) in [6.45, 7) is 2.34. The van der Waals surface area contributed by atoms with Crippen LogP contribution in [-0.4, -0.2) is 18.1 Å². The Bertz CT molecular complexity index is 589. The molecule has 1 fully saturated rings. The van der Waals surface area contributed by atoms with Crippen LogP contribution in [0.3, 0.4) is 0 Å². The number of rotatable bonds is 3. The zero-order valence-corrected chi connectivity index (χ0v) is 12.2. The van der Waals surface area contributed by atoms with E-state index >= 15 is 0 Å². The number of anilines is 1. The van der Waals surface area contributed by atoms with Crippen molar-refractivity contribution in [1.82, 2.24) is 4.98 Å². The van der Waals surface area contributed by atoms with E-state index in [0.29, 0.717) is 6.04 Å². The van der Waals surface area contributed by atoms with Gasteiger partial charge in [-0.1, -0.05) is 13.0 Å². The number of pyridine rings is 1. The van der Waals surface area contributed by atoms with Crippen LogP contribution in [0.2, 0.25) is 0 Å². The molecule has 1 N–H and O–H groups in total. The van der Waals surface area contributed by atoms with Gasteiger partial charge in [0.15, 0.2) is 0 Å². The van der Waals surface area contributed by atoms with Gasteiger partial charge < -0.3 is 10.1 Å². The van der Waals surface area contributed by atoms with E-state index in [9.17, 15) is 0 Å². The zero-order valence-electron chi connectivity index (χ0n) is 12.2. The van der Waals surface area contributed by atoms with Crippen molar-refractivity contribution in [3.05, 3.63) is 30.5 Å². The second kappa shape index (κ2) is 5.70. The number of methoxy groups -OCH3 is 1. The first-order chi connectivity index (χ1) is 9.76. The van der Waals surface area contributed by atoms with E-state index in [0.717, 1.165) is 22.9 Å². The molecule has 0 radical (unpaired) electrons.